The number of aromatic nitrogens is 1. The summed E-state index contributed by atoms with van der Waals surface area (Å²) in [6.45, 7) is 5.57. The highest BCUT2D eigenvalue weighted by atomic mass is 79.9. The molecule has 1 aromatic heterocycles. The van der Waals surface area contributed by atoms with Crippen LogP contribution in [0.1, 0.15) is 32.0 Å². The third-order valence-electron chi connectivity index (χ3n) is 3.27. The predicted molar refractivity (Wildman–Crippen MR) is 82.3 cm³/mol. The van der Waals surface area contributed by atoms with E-state index in [4.69, 9.17) is 0 Å². The van der Waals surface area contributed by atoms with Gasteiger partial charge in [-0.25, -0.2) is 0 Å². The molecule has 98 valence electrons. The average Bonchev–Trinajstić information content (AvgIpc) is 2.69. The van der Waals surface area contributed by atoms with Gasteiger partial charge >= 0.3 is 0 Å². The Morgan fingerprint density at radius 2 is 2.11 bits per heavy atom. The molecule has 0 atom stereocenters. The molecule has 0 amide bonds. The topological polar surface area (TPSA) is 17.0 Å². The van der Waals surface area contributed by atoms with Crippen LogP contribution in [0, 0.1) is 0 Å². The van der Waals surface area contributed by atoms with Gasteiger partial charge in [0.1, 0.15) is 0 Å². The predicted octanol–water partition coefficient (Wildman–Crippen LogP) is 4.14. The monoisotopic (exact) mass is 308 g/mol. The second-order valence-corrected chi connectivity index (χ2v) is 5.84. The molecule has 0 saturated carbocycles. The highest BCUT2D eigenvalue weighted by Gasteiger charge is 2.13. The van der Waals surface area contributed by atoms with E-state index in [2.05, 4.69) is 63.9 Å². The fourth-order valence-corrected chi connectivity index (χ4v) is 3.10. The highest BCUT2D eigenvalue weighted by molar-refractivity contribution is 9.10. The molecule has 0 bridgehead atoms. The van der Waals surface area contributed by atoms with Gasteiger partial charge in [0.05, 0.1) is 5.52 Å². The number of rotatable bonds is 5. The second kappa shape index (κ2) is 5.89. The standard InChI is InChI=1S/C15H21BrN2/c1-11(2)18-13(7-5-9-17-3)10-12-6-4-8-14(16)15(12)18/h4,6,8,10-11,17H,5,7,9H2,1-3H3. The van der Waals surface area contributed by atoms with Crippen LogP contribution in [0.4, 0.5) is 0 Å². The quantitative estimate of drug-likeness (QED) is 0.822. The van der Waals surface area contributed by atoms with Crippen LogP contribution in [0.3, 0.4) is 0 Å². The first-order valence-corrected chi connectivity index (χ1v) is 7.37. The van der Waals surface area contributed by atoms with Crippen LogP contribution in [-0.4, -0.2) is 18.2 Å². The van der Waals surface area contributed by atoms with Gasteiger partial charge in [-0.2, -0.15) is 0 Å². The minimum absolute atomic E-state index is 0.491. The molecule has 1 heterocycles. The minimum atomic E-state index is 0.491. The van der Waals surface area contributed by atoms with Crippen molar-refractivity contribution >= 4 is 26.8 Å². The van der Waals surface area contributed by atoms with Crippen molar-refractivity contribution in [1.29, 1.82) is 0 Å². The van der Waals surface area contributed by atoms with Crippen molar-refractivity contribution in [3.05, 3.63) is 34.4 Å². The smallest absolute Gasteiger partial charge is 0.0629 e. The first-order chi connectivity index (χ1) is 8.65. The van der Waals surface area contributed by atoms with Crippen LogP contribution in [0.25, 0.3) is 10.9 Å². The maximum atomic E-state index is 3.68. The third-order valence-corrected chi connectivity index (χ3v) is 3.91. The van der Waals surface area contributed by atoms with E-state index < -0.39 is 0 Å². The lowest BCUT2D eigenvalue weighted by Crippen LogP contribution is -2.11. The van der Waals surface area contributed by atoms with Crippen molar-refractivity contribution in [2.75, 3.05) is 13.6 Å². The van der Waals surface area contributed by atoms with E-state index in [9.17, 15) is 0 Å². The summed E-state index contributed by atoms with van der Waals surface area (Å²) in [5, 5.41) is 4.54. The zero-order chi connectivity index (χ0) is 13.1. The van der Waals surface area contributed by atoms with Crippen molar-refractivity contribution in [2.24, 2.45) is 0 Å². The van der Waals surface area contributed by atoms with Crippen molar-refractivity contribution in [2.45, 2.75) is 32.7 Å². The number of halogens is 1. The van der Waals surface area contributed by atoms with E-state index >= 15 is 0 Å². The molecular formula is C15H21BrN2. The Balaban J connectivity index is 2.45. The molecule has 0 fully saturated rings. The van der Waals surface area contributed by atoms with Gasteiger partial charge in [-0.3, -0.25) is 0 Å². The number of nitrogens with zero attached hydrogens (tertiary/aromatic N) is 1. The first-order valence-electron chi connectivity index (χ1n) is 6.58. The van der Waals surface area contributed by atoms with Gasteiger partial charge in [0, 0.05) is 21.6 Å². The van der Waals surface area contributed by atoms with Crippen LogP contribution in [-0.2, 0) is 6.42 Å². The van der Waals surface area contributed by atoms with Crippen molar-refractivity contribution in [3.63, 3.8) is 0 Å². The summed E-state index contributed by atoms with van der Waals surface area (Å²) >= 11 is 3.68. The minimum Gasteiger partial charge on any atom is -0.341 e. The Hall–Kier alpha value is -0.800. The van der Waals surface area contributed by atoms with Gasteiger partial charge in [-0.15, -0.1) is 0 Å². The number of aryl methyl sites for hydroxylation is 1. The highest BCUT2D eigenvalue weighted by Crippen LogP contribution is 2.30. The Morgan fingerprint density at radius 1 is 1.33 bits per heavy atom. The molecule has 0 saturated heterocycles. The van der Waals surface area contributed by atoms with E-state index in [1.807, 2.05) is 7.05 Å². The van der Waals surface area contributed by atoms with Gasteiger partial charge < -0.3 is 9.88 Å². The summed E-state index contributed by atoms with van der Waals surface area (Å²) in [6.07, 6.45) is 2.30. The van der Waals surface area contributed by atoms with E-state index in [0.29, 0.717) is 6.04 Å². The Kier molecular flexibility index (Phi) is 4.46. The van der Waals surface area contributed by atoms with Crippen LogP contribution >= 0.6 is 15.9 Å². The second-order valence-electron chi connectivity index (χ2n) is 4.98. The Labute approximate surface area is 118 Å². The molecular weight excluding hydrogens is 288 g/mol. The summed E-state index contributed by atoms with van der Waals surface area (Å²) in [5.74, 6) is 0. The van der Waals surface area contributed by atoms with E-state index in [1.54, 1.807) is 0 Å². The molecule has 0 spiro atoms. The summed E-state index contributed by atoms with van der Waals surface area (Å²) < 4.78 is 3.64. The number of fused-ring (bicyclic) bond motifs is 1. The molecule has 0 aliphatic rings. The lowest BCUT2D eigenvalue weighted by atomic mass is 10.2. The van der Waals surface area contributed by atoms with Crippen LogP contribution in [0.15, 0.2) is 28.7 Å². The number of hydrogen-bond donors (Lipinski definition) is 1. The lowest BCUT2D eigenvalue weighted by Gasteiger charge is -2.15. The van der Waals surface area contributed by atoms with Crippen molar-refractivity contribution in [1.82, 2.24) is 9.88 Å². The van der Waals surface area contributed by atoms with E-state index in [1.165, 1.54) is 27.5 Å². The zero-order valence-corrected chi connectivity index (χ0v) is 12.9. The summed E-state index contributed by atoms with van der Waals surface area (Å²) in [4.78, 5) is 0. The first kappa shape index (κ1) is 13.6. The molecule has 1 N–H and O–H groups in total. The van der Waals surface area contributed by atoms with E-state index in [-0.39, 0.29) is 0 Å². The maximum absolute atomic E-state index is 3.68. The molecule has 2 rings (SSSR count). The molecule has 0 aliphatic heterocycles. The molecule has 2 aromatic rings. The summed E-state index contributed by atoms with van der Waals surface area (Å²) in [5.41, 5.74) is 2.76. The molecule has 1 aromatic carbocycles. The molecule has 2 nitrogen and oxygen atoms in total. The summed E-state index contributed by atoms with van der Waals surface area (Å²) in [6, 6.07) is 9.24. The van der Waals surface area contributed by atoms with Gasteiger partial charge in [0.25, 0.3) is 0 Å². The van der Waals surface area contributed by atoms with Crippen molar-refractivity contribution in [3.8, 4) is 0 Å². The molecule has 0 unspecified atom stereocenters. The average molecular weight is 309 g/mol. The summed E-state index contributed by atoms with van der Waals surface area (Å²) in [7, 11) is 2.01. The molecule has 0 aliphatic carbocycles. The number of benzene rings is 1. The van der Waals surface area contributed by atoms with Gasteiger partial charge in [0.15, 0.2) is 0 Å². The van der Waals surface area contributed by atoms with Gasteiger partial charge in [-0.05, 0) is 68.3 Å². The number of para-hydroxylation sites is 1. The fraction of sp³-hybridized carbons (Fsp3) is 0.467. The normalized spacial score (nSPS) is 11.6. The van der Waals surface area contributed by atoms with Crippen molar-refractivity contribution < 1.29 is 0 Å². The zero-order valence-electron chi connectivity index (χ0n) is 11.3. The maximum Gasteiger partial charge on any atom is 0.0629 e. The largest absolute Gasteiger partial charge is 0.341 e. The molecule has 18 heavy (non-hydrogen) atoms. The Bertz CT molecular complexity index is 529. The van der Waals surface area contributed by atoms with Crippen LogP contribution in [0.2, 0.25) is 0 Å². The van der Waals surface area contributed by atoms with Gasteiger partial charge in [0.2, 0.25) is 0 Å². The molecule has 3 heteroatoms. The molecule has 0 radical (unpaired) electrons. The SMILES string of the molecule is CNCCCc1cc2cccc(Br)c2n1C(C)C. The number of hydrogen-bond acceptors (Lipinski definition) is 1. The third kappa shape index (κ3) is 2.62. The van der Waals surface area contributed by atoms with Gasteiger partial charge in [-0.1, -0.05) is 12.1 Å². The van der Waals surface area contributed by atoms with Crippen LogP contribution in [0.5, 0.6) is 0 Å². The Morgan fingerprint density at radius 3 is 2.78 bits per heavy atom. The lowest BCUT2D eigenvalue weighted by molar-refractivity contribution is 0.582. The van der Waals surface area contributed by atoms with Crippen LogP contribution < -0.4 is 5.32 Å². The fourth-order valence-electron chi connectivity index (χ4n) is 2.52. The number of nitrogens with one attached hydrogen (secondary N) is 1. The van der Waals surface area contributed by atoms with E-state index in [0.717, 1.165) is 13.0 Å².